The summed E-state index contributed by atoms with van der Waals surface area (Å²) in [6, 6.07) is 56.3. The van der Waals surface area contributed by atoms with Gasteiger partial charge in [-0.25, -0.2) is 4.79 Å². The topological polar surface area (TPSA) is 128 Å². The first kappa shape index (κ1) is 71.0. The molecule has 1 atom stereocenters. The number of rotatable bonds is 19. The summed E-state index contributed by atoms with van der Waals surface area (Å²) >= 11 is 0. The Labute approximate surface area is 561 Å². The zero-order chi connectivity index (χ0) is 63.5. The van der Waals surface area contributed by atoms with Crippen molar-refractivity contribution >= 4 is 12.1 Å². The van der Waals surface area contributed by atoms with Gasteiger partial charge in [-0.2, -0.15) is 0 Å². The van der Waals surface area contributed by atoms with E-state index in [2.05, 4.69) is 102 Å². The van der Waals surface area contributed by atoms with E-state index in [1.54, 1.807) is 33.5 Å². The van der Waals surface area contributed by atoms with Crippen molar-refractivity contribution in [3.8, 4) is 40.2 Å². The molecule has 1 radical (unpaired) electrons. The van der Waals surface area contributed by atoms with Crippen molar-refractivity contribution in [2.24, 2.45) is 5.41 Å². The minimum absolute atomic E-state index is 0. The van der Waals surface area contributed by atoms with Crippen molar-refractivity contribution in [1.82, 2.24) is 0 Å². The first-order chi connectivity index (χ1) is 42.8. The summed E-state index contributed by atoms with van der Waals surface area (Å²) in [4.78, 5) is 23.9. The summed E-state index contributed by atoms with van der Waals surface area (Å²) in [7, 11) is 5.09. The third-order valence-corrected chi connectivity index (χ3v) is 18.3. The van der Waals surface area contributed by atoms with Crippen LogP contribution in [-0.2, 0) is 68.6 Å². The van der Waals surface area contributed by atoms with Crippen molar-refractivity contribution in [1.29, 1.82) is 0 Å². The van der Waals surface area contributed by atoms with Crippen LogP contribution in [0.2, 0.25) is 0 Å². The number of methoxy groups -OCH3 is 3. The third-order valence-electron chi connectivity index (χ3n) is 18.3. The molecular weight excluding hydrogens is 1200 g/mol. The van der Waals surface area contributed by atoms with Crippen LogP contribution in [0.4, 0.5) is 4.79 Å². The van der Waals surface area contributed by atoms with Crippen LogP contribution in [0.1, 0.15) is 190 Å². The van der Waals surface area contributed by atoms with Gasteiger partial charge in [0.25, 0.3) is 0 Å². The molecule has 1 N–H and O–H groups in total. The number of ether oxygens (including phenoxy) is 8. The first-order valence-corrected chi connectivity index (χ1v) is 32.1. The van der Waals surface area contributed by atoms with E-state index in [0.29, 0.717) is 29.6 Å². The molecule has 0 spiro atoms. The fraction of sp³-hybridized carbons (Fsp3) is 0.436. The first-order valence-electron chi connectivity index (χ1n) is 32.1. The predicted molar refractivity (Wildman–Crippen MR) is 354 cm³/mol. The number of phenolic OH excluding ortho intramolecular Hbond substituents is 1. The van der Waals surface area contributed by atoms with E-state index >= 15 is 0 Å². The number of hydrogen-bond acceptors (Lipinski definition) is 11. The standard InChI is InChI=1S/C35H42O5.C24H32O4.C19H22O2.Y/c1-25(36)38-29-18-12-27(13-19-29)35(22-8-7-9-23-35)28-14-20-31(21-15-28)40-32(37)39-30-16-10-26(11-17-30)34(5,6)24-33(2,3)4;1-24(19-8-12-21(25-2)13-9-19,20-10-14-22(26-3)15-11-20)16-6-18-28-23-7-4-5-17-27-23;1-21-18-11-7-16(8-12-18)19(13-3-2-4-14-19)15-5-9-17(20)10-6-15;/h10-21H,7-9,22-24H2,1-6H3;8-15,23H,4-7,16-18H2,1-3H3;5-12,20H,2-4,13-14H2,1H3;. The van der Waals surface area contributed by atoms with Crippen LogP contribution in [0.25, 0.3) is 0 Å². The molecule has 477 valence electrons. The summed E-state index contributed by atoms with van der Waals surface area (Å²) in [6.45, 7) is 16.4. The normalized spacial score (nSPS) is 16.2. The molecule has 10 rings (SSSR count). The number of hydrogen-bond donors (Lipinski definition) is 1. The Kier molecular flexibility index (Phi) is 26.2. The molecule has 3 fully saturated rings. The van der Waals surface area contributed by atoms with Crippen LogP contribution in [0.3, 0.4) is 0 Å². The van der Waals surface area contributed by atoms with Crippen LogP contribution < -0.4 is 28.4 Å². The van der Waals surface area contributed by atoms with Crippen molar-refractivity contribution < 1.29 is 85.3 Å². The fourth-order valence-corrected chi connectivity index (χ4v) is 13.8. The van der Waals surface area contributed by atoms with E-state index in [1.807, 2.05) is 97.1 Å². The molecule has 7 aromatic rings. The average molecular weight is 1300 g/mol. The molecule has 2 aliphatic carbocycles. The van der Waals surface area contributed by atoms with Gasteiger partial charge < -0.3 is 43.0 Å². The second-order valence-corrected chi connectivity index (χ2v) is 26.4. The Morgan fingerprint density at radius 1 is 0.478 bits per heavy atom. The Bertz CT molecular complexity index is 3210. The van der Waals surface area contributed by atoms with E-state index < -0.39 is 6.16 Å². The van der Waals surface area contributed by atoms with Crippen LogP contribution >= 0.6 is 0 Å². The summed E-state index contributed by atoms with van der Waals surface area (Å²) in [6.07, 6.45) is 17.3. The molecule has 0 amide bonds. The number of carbonyl (C=O) groups is 2. The zero-order valence-corrected chi connectivity index (χ0v) is 57.9. The molecule has 1 heterocycles. The monoisotopic (exact) mass is 1300 g/mol. The minimum atomic E-state index is -0.761. The van der Waals surface area contributed by atoms with E-state index in [9.17, 15) is 14.7 Å². The maximum absolute atomic E-state index is 12.6. The van der Waals surface area contributed by atoms with Gasteiger partial charge in [-0.3, -0.25) is 4.79 Å². The van der Waals surface area contributed by atoms with Crippen molar-refractivity contribution in [2.75, 3.05) is 34.5 Å². The van der Waals surface area contributed by atoms with Crippen molar-refractivity contribution in [3.05, 3.63) is 209 Å². The largest absolute Gasteiger partial charge is 0.519 e. The van der Waals surface area contributed by atoms with Gasteiger partial charge in [0.1, 0.15) is 40.2 Å². The molecular formula is C78H96O11Y. The molecule has 0 bridgehead atoms. The van der Waals surface area contributed by atoms with Gasteiger partial charge in [-0.15, -0.1) is 0 Å². The summed E-state index contributed by atoms with van der Waals surface area (Å²) in [5, 5.41) is 9.56. The quantitative estimate of drug-likeness (QED) is 0.0360. The van der Waals surface area contributed by atoms with Crippen LogP contribution in [0, 0.1) is 5.41 Å². The summed E-state index contributed by atoms with van der Waals surface area (Å²) in [5.74, 6) is 4.09. The van der Waals surface area contributed by atoms with Gasteiger partial charge in [0.05, 0.1) is 21.3 Å². The van der Waals surface area contributed by atoms with Gasteiger partial charge in [0.2, 0.25) is 0 Å². The molecule has 12 heteroatoms. The Morgan fingerprint density at radius 2 is 0.844 bits per heavy atom. The predicted octanol–water partition coefficient (Wildman–Crippen LogP) is 19.1. The maximum Gasteiger partial charge on any atom is 0.519 e. The van der Waals surface area contributed by atoms with E-state index in [4.69, 9.17) is 37.9 Å². The van der Waals surface area contributed by atoms with Gasteiger partial charge in [0, 0.05) is 69.1 Å². The number of benzene rings is 7. The zero-order valence-electron chi connectivity index (χ0n) is 55.1. The van der Waals surface area contributed by atoms with E-state index in [0.717, 1.165) is 81.6 Å². The second kappa shape index (κ2) is 33.2. The molecule has 2 saturated carbocycles. The number of carbonyl (C=O) groups excluding carboxylic acids is 2. The number of phenols is 1. The summed E-state index contributed by atoms with van der Waals surface area (Å²) in [5.41, 5.74) is 8.85. The summed E-state index contributed by atoms with van der Waals surface area (Å²) < 4.78 is 43.8. The average Bonchev–Trinajstić information content (AvgIpc) is 0.959. The fourth-order valence-electron chi connectivity index (χ4n) is 13.8. The molecule has 90 heavy (non-hydrogen) atoms. The molecule has 1 unspecified atom stereocenters. The molecule has 3 aliphatic rings. The van der Waals surface area contributed by atoms with Gasteiger partial charge in [-0.05, 0) is 199 Å². The van der Waals surface area contributed by atoms with Crippen molar-refractivity contribution in [2.45, 2.75) is 179 Å². The minimum Gasteiger partial charge on any atom is -0.508 e. The van der Waals surface area contributed by atoms with E-state index in [1.165, 1.54) is 90.8 Å². The Hall–Kier alpha value is -6.50. The van der Waals surface area contributed by atoms with Crippen LogP contribution in [0.15, 0.2) is 170 Å². The van der Waals surface area contributed by atoms with Gasteiger partial charge in [0.15, 0.2) is 6.29 Å². The smallest absolute Gasteiger partial charge is 0.508 e. The number of aromatic hydroxyl groups is 1. The number of esters is 1. The van der Waals surface area contributed by atoms with Crippen LogP contribution in [0.5, 0.6) is 40.2 Å². The Morgan fingerprint density at radius 3 is 1.22 bits per heavy atom. The molecule has 11 nitrogen and oxygen atoms in total. The SMILES string of the molecule is CC(=O)Oc1ccc(C2(c3ccc(OC(=O)Oc4ccc(C(C)(C)CC(C)(C)C)cc4)cc3)CCCCC2)cc1.COc1ccc(C(C)(CCCOC2CCCCO2)c2ccc(OC)cc2)cc1.COc1ccc(C2(c3ccc(O)cc3)CCCCC2)cc1.[Y]. The maximum atomic E-state index is 12.6. The van der Waals surface area contributed by atoms with Crippen molar-refractivity contribution in [3.63, 3.8) is 0 Å². The molecule has 0 aromatic heterocycles. The molecule has 1 saturated heterocycles. The van der Waals surface area contributed by atoms with Gasteiger partial charge in [-0.1, -0.05) is 165 Å². The Balaban J connectivity index is 0.000000201. The van der Waals surface area contributed by atoms with Gasteiger partial charge >= 0.3 is 12.1 Å². The second-order valence-electron chi connectivity index (χ2n) is 26.4. The van der Waals surface area contributed by atoms with Crippen LogP contribution in [-0.4, -0.2) is 58.1 Å². The molecule has 1 aliphatic heterocycles. The van der Waals surface area contributed by atoms with E-state index in [-0.39, 0.29) is 72.0 Å². The third kappa shape index (κ3) is 19.3. The molecule has 7 aromatic carbocycles.